The lowest BCUT2D eigenvalue weighted by Crippen LogP contribution is -2.07. The molecular formula is C20H30O7. The second-order valence-electron chi connectivity index (χ2n) is 4.09. The van der Waals surface area contributed by atoms with Crippen LogP contribution in [0.5, 0.6) is 0 Å². The zero-order valence-corrected chi connectivity index (χ0v) is 15.7. The van der Waals surface area contributed by atoms with Crippen molar-refractivity contribution in [2.45, 2.75) is 0 Å². The monoisotopic (exact) mass is 382 g/mol. The van der Waals surface area contributed by atoms with E-state index in [0.29, 0.717) is 66.1 Å². The number of hydrogen-bond acceptors (Lipinski definition) is 7. The second kappa shape index (κ2) is 35.1. The molecule has 0 saturated carbocycles. The van der Waals surface area contributed by atoms with E-state index in [9.17, 15) is 0 Å². The van der Waals surface area contributed by atoms with Gasteiger partial charge in [0.05, 0.1) is 52.9 Å². The van der Waals surface area contributed by atoms with Crippen LogP contribution in [0, 0.1) is 49.4 Å². The minimum absolute atomic E-state index is 0.0433. The van der Waals surface area contributed by atoms with Crippen LogP contribution in [-0.2, 0) is 23.7 Å². The molecule has 7 heteroatoms. The largest absolute Gasteiger partial charge is 0.394 e. The van der Waals surface area contributed by atoms with Crippen LogP contribution >= 0.6 is 0 Å². The van der Waals surface area contributed by atoms with Gasteiger partial charge in [0.25, 0.3) is 0 Å². The summed E-state index contributed by atoms with van der Waals surface area (Å²) in [5, 5.41) is 16.4. The summed E-state index contributed by atoms with van der Waals surface area (Å²) >= 11 is 0. The summed E-state index contributed by atoms with van der Waals surface area (Å²) in [5.41, 5.74) is 0. The predicted molar refractivity (Wildman–Crippen MR) is 104 cm³/mol. The first-order chi connectivity index (χ1) is 13.2. The van der Waals surface area contributed by atoms with Crippen LogP contribution in [0.15, 0.2) is 0 Å². The molecular weight excluding hydrogens is 352 g/mol. The van der Waals surface area contributed by atoms with Gasteiger partial charge in [0.15, 0.2) is 0 Å². The van der Waals surface area contributed by atoms with Crippen molar-refractivity contribution in [2.75, 3.05) is 79.3 Å². The van der Waals surface area contributed by atoms with Gasteiger partial charge in [0.1, 0.15) is 26.4 Å². The summed E-state index contributed by atoms with van der Waals surface area (Å²) in [6.45, 7) is 4.06. The molecule has 0 amide bonds. The summed E-state index contributed by atoms with van der Waals surface area (Å²) in [7, 11) is 0. The van der Waals surface area contributed by atoms with Gasteiger partial charge in [-0.2, -0.15) is 0 Å². The highest BCUT2D eigenvalue weighted by atomic mass is 16.5. The van der Waals surface area contributed by atoms with E-state index in [1.54, 1.807) is 0 Å². The first-order valence-electron chi connectivity index (χ1n) is 8.09. The van der Waals surface area contributed by atoms with Crippen LogP contribution < -0.4 is 0 Å². The van der Waals surface area contributed by atoms with Crippen LogP contribution in [0.4, 0.5) is 0 Å². The molecule has 0 aliphatic rings. The normalized spacial score (nSPS) is 8.52. The van der Waals surface area contributed by atoms with Crippen molar-refractivity contribution < 1.29 is 33.9 Å². The van der Waals surface area contributed by atoms with E-state index in [1.807, 2.05) is 0 Å². The summed E-state index contributed by atoms with van der Waals surface area (Å²) in [4.78, 5) is 0. The van der Waals surface area contributed by atoms with Crippen molar-refractivity contribution >= 4 is 0 Å². The van der Waals surface area contributed by atoms with E-state index in [0.717, 1.165) is 0 Å². The Bertz CT molecular complexity index is 406. The average Bonchev–Trinajstić information content (AvgIpc) is 2.69. The van der Waals surface area contributed by atoms with Crippen LogP contribution in [0.2, 0.25) is 0 Å². The molecule has 0 unspecified atom stereocenters. The zero-order valence-electron chi connectivity index (χ0n) is 15.7. The van der Waals surface area contributed by atoms with E-state index >= 15 is 0 Å². The van der Waals surface area contributed by atoms with Crippen LogP contribution in [0.25, 0.3) is 0 Å². The molecule has 0 rings (SSSR count). The molecule has 0 saturated heterocycles. The number of hydrogen-bond donors (Lipinski definition) is 2. The Balaban J connectivity index is -0.000000326. The lowest BCUT2D eigenvalue weighted by molar-refractivity contribution is 0.0424. The Kier molecular flexibility index (Phi) is 38.7. The standard InChI is InChI=1S/C8H10O2.C7H12O3.C5H8O2/c1-3-5-9-7-8-10-6-4-2;1-2-4-9-6-7-10-5-3-8;1-2-4-7-5-3-6/h1-2H,5-8H2;1,8H,3-7H2;1,6H,3-5H2. The highest BCUT2D eigenvalue weighted by Gasteiger charge is 1.85. The maximum atomic E-state index is 8.27. The molecule has 0 fully saturated rings. The maximum absolute atomic E-state index is 8.27. The molecule has 7 nitrogen and oxygen atoms in total. The Morgan fingerprint density at radius 1 is 0.444 bits per heavy atom. The number of ether oxygens (including phenoxy) is 5. The minimum atomic E-state index is 0.0433. The topological polar surface area (TPSA) is 86.6 Å². The van der Waals surface area contributed by atoms with Gasteiger partial charge in [-0.1, -0.05) is 23.7 Å². The maximum Gasteiger partial charge on any atom is 0.107 e. The Morgan fingerprint density at radius 2 is 0.704 bits per heavy atom. The highest BCUT2D eigenvalue weighted by Crippen LogP contribution is 1.76. The third-order valence-corrected chi connectivity index (χ3v) is 1.96. The second-order valence-corrected chi connectivity index (χ2v) is 4.09. The van der Waals surface area contributed by atoms with Gasteiger partial charge in [0, 0.05) is 0 Å². The van der Waals surface area contributed by atoms with E-state index in [2.05, 4.69) is 28.4 Å². The molecule has 152 valence electrons. The van der Waals surface area contributed by atoms with Crippen molar-refractivity contribution in [3.05, 3.63) is 0 Å². The number of aliphatic hydroxyl groups is 2. The van der Waals surface area contributed by atoms with Crippen molar-refractivity contribution in [3.63, 3.8) is 0 Å². The summed E-state index contributed by atoms with van der Waals surface area (Å²) in [6.07, 6.45) is 19.6. The third-order valence-electron chi connectivity index (χ3n) is 1.96. The number of aliphatic hydroxyl groups excluding tert-OH is 2. The molecule has 0 spiro atoms. The zero-order chi connectivity index (χ0) is 20.8. The lowest BCUT2D eigenvalue weighted by Gasteiger charge is -2.00. The molecule has 0 radical (unpaired) electrons. The van der Waals surface area contributed by atoms with Crippen molar-refractivity contribution in [3.8, 4) is 49.4 Å². The van der Waals surface area contributed by atoms with E-state index < -0.39 is 0 Å². The van der Waals surface area contributed by atoms with E-state index in [4.69, 9.17) is 54.9 Å². The molecule has 0 aromatic heterocycles. The Morgan fingerprint density at radius 3 is 1.00 bits per heavy atom. The van der Waals surface area contributed by atoms with Crippen LogP contribution in [0.1, 0.15) is 0 Å². The van der Waals surface area contributed by atoms with Crippen molar-refractivity contribution in [1.29, 1.82) is 0 Å². The van der Waals surface area contributed by atoms with Crippen molar-refractivity contribution in [2.24, 2.45) is 0 Å². The van der Waals surface area contributed by atoms with E-state index in [1.165, 1.54) is 0 Å². The van der Waals surface area contributed by atoms with Gasteiger partial charge >= 0.3 is 0 Å². The molecule has 0 aliphatic heterocycles. The van der Waals surface area contributed by atoms with E-state index in [-0.39, 0.29) is 13.2 Å². The highest BCUT2D eigenvalue weighted by molar-refractivity contribution is 4.84. The smallest absolute Gasteiger partial charge is 0.107 e. The van der Waals surface area contributed by atoms with Gasteiger partial charge in [-0.3, -0.25) is 0 Å². The Labute approximate surface area is 163 Å². The fourth-order valence-corrected chi connectivity index (χ4v) is 0.991. The summed E-state index contributed by atoms with van der Waals surface area (Å²) in [5.74, 6) is 9.28. The van der Waals surface area contributed by atoms with Gasteiger partial charge in [-0.15, -0.1) is 25.7 Å². The summed E-state index contributed by atoms with van der Waals surface area (Å²) in [6, 6.07) is 0. The molecule has 0 aromatic carbocycles. The first kappa shape index (κ1) is 29.7. The fourth-order valence-electron chi connectivity index (χ4n) is 0.991. The minimum Gasteiger partial charge on any atom is -0.394 e. The molecule has 0 aliphatic carbocycles. The van der Waals surface area contributed by atoms with Gasteiger partial charge in [0.2, 0.25) is 0 Å². The van der Waals surface area contributed by atoms with Crippen molar-refractivity contribution in [1.82, 2.24) is 0 Å². The lowest BCUT2D eigenvalue weighted by atomic mass is 10.7. The summed E-state index contributed by atoms with van der Waals surface area (Å²) < 4.78 is 24.2. The quantitative estimate of drug-likeness (QED) is 0.311. The molecule has 0 heterocycles. The van der Waals surface area contributed by atoms with Gasteiger partial charge in [-0.05, 0) is 0 Å². The average molecular weight is 382 g/mol. The SMILES string of the molecule is C#CCOCCO.C#CCOCCOCC#C.C#CCOCCOCCO. The van der Waals surface area contributed by atoms with Crippen LogP contribution in [0.3, 0.4) is 0 Å². The Hall–Kier alpha value is -2.04. The molecule has 0 bridgehead atoms. The molecule has 27 heavy (non-hydrogen) atoms. The molecule has 2 N–H and O–H groups in total. The molecule has 0 aromatic rings. The molecule has 0 atom stereocenters. The van der Waals surface area contributed by atoms with Gasteiger partial charge < -0.3 is 33.9 Å². The number of terminal acetylenes is 4. The predicted octanol–water partition coefficient (Wildman–Crippen LogP) is -0.440. The number of rotatable bonds is 14. The van der Waals surface area contributed by atoms with Gasteiger partial charge in [-0.25, -0.2) is 0 Å². The van der Waals surface area contributed by atoms with Crippen LogP contribution in [-0.4, -0.2) is 89.5 Å². The first-order valence-corrected chi connectivity index (χ1v) is 8.09. The fraction of sp³-hybridized carbons (Fsp3) is 0.600. The third kappa shape index (κ3) is 45.4.